The van der Waals surface area contributed by atoms with Gasteiger partial charge in [-0.05, 0) is 6.42 Å². The van der Waals surface area contributed by atoms with Crippen molar-refractivity contribution >= 4 is 17.5 Å². The van der Waals surface area contributed by atoms with Gasteiger partial charge in [-0.2, -0.15) is 11.8 Å². The van der Waals surface area contributed by atoms with Gasteiger partial charge in [-0.25, -0.2) is 0 Å². The summed E-state index contributed by atoms with van der Waals surface area (Å²) < 4.78 is 10.2. The average molecular weight is 204 g/mol. The van der Waals surface area contributed by atoms with Crippen molar-refractivity contribution in [2.45, 2.75) is 18.9 Å². The van der Waals surface area contributed by atoms with Crippen LogP contribution in [0.1, 0.15) is 12.8 Å². The third-order valence-corrected chi connectivity index (χ3v) is 2.94. The van der Waals surface area contributed by atoms with Crippen LogP contribution in [0.3, 0.4) is 0 Å². The number of carbonyl (C=O) groups excluding carboxylic acids is 1. The van der Waals surface area contributed by atoms with E-state index in [4.69, 9.17) is 9.47 Å². The van der Waals surface area contributed by atoms with Gasteiger partial charge in [-0.15, -0.1) is 0 Å². The largest absolute Gasteiger partial charge is 0.385 e. The van der Waals surface area contributed by atoms with Gasteiger partial charge in [0.2, 0.25) is 0 Å². The van der Waals surface area contributed by atoms with E-state index in [-0.39, 0.29) is 11.9 Å². The topological polar surface area (TPSA) is 35.5 Å². The van der Waals surface area contributed by atoms with Crippen molar-refractivity contribution < 1.29 is 14.3 Å². The molecule has 0 N–H and O–H groups in total. The molecule has 1 heterocycles. The second-order valence-electron chi connectivity index (χ2n) is 3.00. The predicted molar refractivity (Wildman–Crippen MR) is 53.2 cm³/mol. The molecule has 0 saturated carbocycles. The molecule has 1 atom stereocenters. The summed E-state index contributed by atoms with van der Waals surface area (Å²) in [6.07, 6.45) is 1.23. The highest BCUT2D eigenvalue weighted by atomic mass is 32.2. The number of thioether (sulfide) groups is 1. The normalized spacial score (nSPS) is 23.0. The minimum Gasteiger partial charge on any atom is -0.385 e. The van der Waals surface area contributed by atoms with Crippen LogP contribution in [0.25, 0.3) is 0 Å². The maximum absolute atomic E-state index is 11.5. The molecule has 0 aromatic rings. The van der Waals surface area contributed by atoms with E-state index in [0.717, 1.165) is 17.9 Å². The zero-order chi connectivity index (χ0) is 9.52. The SMILES string of the molecule is COCCCC(=O)C1CSCCO1. The molecule has 0 spiro atoms. The molecular formula is C9H16O3S. The molecule has 1 aliphatic rings. The van der Waals surface area contributed by atoms with E-state index >= 15 is 0 Å². The first-order chi connectivity index (χ1) is 6.34. The first-order valence-electron chi connectivity index (χ1n) is 4.55. The molecule has 0 aromatic carbocycles. The summed E-state index contributed by atoms with van der Waals surface area (Å²) in [7, 11) is 1.65. The van der Waals surface area contributed by atoms with Gasteiger partial charge in [0, 0.05) is 31.6 Å². The molecule has 1 rings (SSSR count). The summed E-state index contributed by atoms with van der Waals surface area (Å²) >= 11 is 1.79. The fourth-order valence-electron chi connectivity index (χ4n) is 1.23. The molecule has 4 heteroatoms. The highest BCUT2D eigenvalue weighted by Crippen LogP contribution is 2.14. The number of rotatable bonds is 5. The highest BCUT2D eigenvalue weighted by molar-refractivity contribution is 7.99. The molecule has 1 unspecified atom stereocenters. The quantitative estimate of drug-likeness (QED) is 0.629. The van der Waals surface area contributed by atoms with Crippen molar-refractivity contribution in [1.29, 1.82) is 0 Å². The minimum absolute atomic E-state index is 0.157. The first kappa shape index (κ1) is 11.0. The van der Waals surface area contributed by atoms with Crippen molar-refractivity contribution in [3.05, 3.63) is 0 Å². The molecular weight excluding hydrogens is 188 g/mol. The number of hydrogen-bond donors (Lipinski definition) is 0. The van der Waals surface area contributed by atoms with Gasteiger partial charge in [-0.1, -0.05) is 0 Å². The Bertz CT molecular complexity index is 155. The molecule has 1 saturated heterocycles. The van der Waals surface area contributed by atoms with Crippen LogP contribution in [0.5, 0.6) is 0 Å². The summed E-state index contributed by atoms with van der Waals surface area (Å²) in [5, 5.41) is 0. The van der Waals surface area contributed by atoms with E-state index in [1.165, 1.54) is 0 Å². The molecule has 0 aromatic heterocycles. The number of ketones is 1. The molecule has 3 nitrogen and oxygen atoms in total. The van der Waals surface area contributed by atoms with E-state index in [1.807, 2.05) is 0 Å². The Kier molecular flexibility index (Phi) is 5.43. The zero-order valence-electron chi connectivity index (χ0n) is 7.95. The Hall–Kier alpha value is -0.0600. The monoisotopic (exact) mass is 204 g/mol. The van der Waals surface area contributed by atoms with Gasteiger partial charge in [0.25, 0.3) is 0 Å². The highest BCUT2D eigenvalue weighted by Gasteiger charge is 2.21. The van der Waals surface area contributed by atoms with Crippen molar-refractivity contribution in [2.75, 3.05) is 31.8 Å². The summed E-state index contributed by atoms with van der Waals surface area (Å²) in [6.45, 7) is 1.37. The first-order valence-corrected chi connectivity index (χ1v) is 5.71. The number of carbonyl (C=O) groups is 1. The molecule has 0 aliphatic carbocycles. The second kappa shape index (κ2) is 6.40. The number of hydrogen-bond acceptors (Lipinski definition) is 4. The van der Waals surface area contributed by atoms with Crippen LogP contribution in [-0.2, 0) is 14.3 Å². The molecule has 1 aliphatic heterocycles. The van der Waals surface area contributed by atoms with Crippen LogP contribution in [0.4, 0.5) is 0 Å². The molecule has 76 valence electrons. The van der Waals surface area contributed by atoms with Gasteiger partial charge in [0.15, 0.2) is 5.78 Å². The van der Waals surface area contributed by atoms with Crippen molar-refractivity contribution in [3.63, 3.8) is 0 Å². The van der Waals surface area contributed by atoms with E-state index < -0.39 is 0 Å². The Labute approximate surface area is 83.2 Å². The smallest absolute Gasteiger partial charge is 0.162 e. The van der Waals surface area contributed by atoms with Gasteiger partial charge in [0.1, 0.15) is 6.10 Å². The van der Waals surface area contributed by atoms with Gasteiger partial charge < -0.3 is 9.47 Å². The van der Waals surface area contributed by atoms with E-state index in [2.05, 4.69) is 0 Å². The second-order valence-corrected chi connectivity index (χ2v) is 4.15. The molecule has 13 heavy (non-hydrogen) atoms. The Morgan fingerprint density at radius 1 is 1.69 bits per heavy atom. The summed E-state index contributed by atoms with van der Waals surface area (Å²) in [5.74, 6) is 2.07. The number of ether oxygens (including phenoxy) is 2. The lowest BCUT2D eigenvalue weighted by atomic mass is 10.1. The van der Waals surface area contributed by atoms with Crippen molar-refractivity contribution in [1.82, 2.24) is 0 Å². The standard InChI is InChI=1S/C9H16O3S/c1-11-4-2-3-8(10)9-7-13-6-5-12-9/h9H,2-7H2,1H3. The van der Waals surface area contributed by atoms with Gasteiger partial charge in [0.05, 0.1) is 6.61 Å². The summed E-state index contributed by atoms with van der Waals surface area (Å²) in [4.78, 5) is 11.5. The number of Topliss-reactive ketones (excluding diaryl/α,β-unsaturated/α-hetero) is 1. The van der Waals surface area contributed by atoms with Crippen LogP contribution in [0.15, 0.2) is 0 Å². The van der Waals surface area contributed by atoms with E-state index in [1.54, 1.807) is 18.9 Å². The lowest BCUT2D eigenvalue weighted by Crippen LogP contribution is -2.31. The lowest BCUT2D eigenvalue weighted by molar-refractivity contribution is -0.129. The van der Waals surface area contributed by atoms with Crippen LogP contribution < -0.4 is 0 Å². The fourth-order valence-corrected chi connectivity index (χ4v) is 2.10. The molecule has 0 radical (unpaired) electrons. The van der Waals surface area contributed by atoms with Crippen LogP contribution in [-0.4, -0.2) is 43.7 Å². The Morgan fingerprint density at radius 3 is 3.15 bits per heavy atom. The van der Waals surface area contributed by atoms with Crippen LogP contribution in [0, 0.1) is 0 Å². The average Bonchev–Trinajstić information content (AvgIpc) is 2.19. The summed E-state index contributed by atoms with van der Waals surface area (Å²) in [6, 6.07) is 0. The third kappa shape index (κ3) is 4.11. The maximum Gasteiger partial charge on any atom is 0.162 e. The van der Waals surface area contributed by atoms with Gasteiger partial charge >= 0.3 is 0 Å². The third-order valence-electron chi connectivity index (χ3n) is 1.95. The maximum atomic E-state index is 11.5. The minimum atomic E-state index is -0.157. The van der Waals surface area contributed by atoms with E-state index in [9.17, 15) is 4.79 Å². The van der Waals surface area contributed by atoms with Crippen LogP contribution in [0.2, 0.25) is 0 Å². The van der Waals surface area contributed by atoms with Crippen molar-refractivity contribution in [3.8, 4) is 0 Å². The zero-order valence-corrected chi connectivity index (χ0v) is 8.77. The Morgan fingerprint density at radius 2 is 2.54 bits per heavy atom. The van der Waals surface area contributed by atoms with E-state index in [0.29, 0.717) is 19.6 Å². The summed E-state index contributed by atoms with van der Waals surface area (Å²) in [5.41, 5.74) is 0. The Balaban J connectivity index is 2.13. The molecule has 0 amide bonds. The predicted octanol–water partition coefficient (Wildman–Crippen LogP) is 1.11. The molecule has 1 fully saturated rings. The van der Waals surface area contributed by atoms with Gasteiger partial charge in [-0.3, -0.25) is 4.79 Å². The molecule has 0 bridgehead atoms. The number of methoxy groups -OCH3 is 1. The fraction of sp³-hybridized carbons (Fsp3) is 0.889. The lowest BCUT2D eigenvalue weighted by Gasteiger charge is -2.20. The van der Waals surface area contributed by atoms with Crippen LogP contribution >= 0.6 is 11.8 Å². The van der Waals surface area contributed by atoms with Crippen molar-refractivity contribution in [2.24, 2.45) is 0 Å².